The Morgan fingerprint density at radius 3 is 2.60 bits per heavy atom. The van der Waals surface area contributed by atoms with E-state index in [0.29, 0.717) is 52.4 Å². The minimum absolute atomic E-state index is 0.0243. The van der Waals surface area contributed by atoms with E-state index in [1.807, 2.05) is 6.20 Å². The number of nitrogens with zero attached hydrogens (tertiary/aromatic N) is 7. The number of alkyl halides is 1. The SMILES string of the molecule is C#Cc1c(F)ccc2cc(O)cc(-c3c(F)c4nc(OC[C@@]56CCCN5C[C@H](F)C6)nc(N5C6CCC5CN(C5CCC5COC)C6)c4c4cn(C)nc34)c12. The van der Waals surface area contributed by atoms with E-state index >= 15 is 8.78 Å². The Morgan fingerprint density at radius 1 is 1.04 bits per heavy atom. The number of halogens is 3. The van der Waals surface area contributed by atoms with Crippen LogP contribution in [0.25, 0.3) is 43.7 Å². The molecule has 0 spiro atoms. The zero-order valence-corrected chi connectivity index (χ0v) is 31.1. The van der Waals surface area contributed by atoms with Crippen LogP contribution < -0.4 is 9.64 Å². The molecule has 2 aromatic heterocycles. The third-order valence-electron chi connectivity index (χ3n) is 13.3. The van der Waals surface area contributed by atoms with Crippen LogP contribution in [-0.4, -0.2) is 111 Å². The van der Waals surface area contributed by atoms with Crippen LogP contribution in [0, 0.1) is 29.9 Å². The number of aromatic nitrogens is 4. The number of aromatic hydroxyl groups is 1. The Labute approximate surface area is 317 Å². The molecule has 1 aliphatic carbocycles. The summed E-state index contributed by atoms with van der Waals surface area (Å²) in [6.07, 6.45) is 13.1. The second kappa shape index (κ2) is 13.0. The van der Waals surface area contributed by atoms with Crippen molar-refractivity contribution >= 4 is 38.4 Å². The van der Waals surface area contributed by atoms with Crippen LogP contribution >= 0.6 is 0 Å². The number of aryl methyl sites for hydroxylation is 1. The lowest BCUT2D eigenvalue weighted by molar-refractivity contribution is 0.00130. The van der Waals surface area contributed by atoms with Crippen LogP contribution in [0.2, 0.25) is 0 Å². The van der Waals surface area contributed by atoms with Crippen molar-refractivity contribution in [3.8, 4) is 35.2 Å². The Morgan fingerprint density at radius 2 is 1.85 bits per heavy atom. The van der Waals surface area contributed by atoms with Crippen molar-refractivity contribution < 1.29 is 27.8 Å². The zero-order valence-electron chi connectivity index (χ0n) is 31.1. The number of hydrogen-bond acceptors (Lipinski definition) is 9. The number of methoxy groups -OCH3 is 1. The van der Waals surface area contributed by atoms with Crippen LogP contribution in [-0.2, 0) is 11.8 Å². The third-order valence-corrected chi connectivity index (χ3v) is 13.3. The number of likely N-dealkylation sites (tertiary alicyclic amines) is 1. The molecule has 286 valence electrons. The molecule has 4 saturated heterocycles. The topological polar surface area (TPSA) is 92.0 Å². The first-order chi connectivity index (χ1) is 26.7. The van der Waals surface area contributed by atoms with Gasteiger partial charge in [0.15, 0.2) is 5.82 Å². The first kappa shape index (κ1) is 34.8. The molecule has 10 nitrogen and oxygen atoms in total. The van der Waals surface area contributed by atoms with E-state index < -0.39 is 23.3 Å². The molecule has 55 heavy (non-hydrogen) atoms. The molecule has 6 atom stereocenters. The van der Waals surface area contributed by atoms with Crippen molar-refractivity contribution in [2.24, 2.45) is 13.0 Å². The Bertz CT molecular complexity index is 2400. The van der Waals surface area contributed by atoms with E-state index in [-0.39, 0.29) is 58.0 Å². The highest BCUT2D eigenvalue weighted by Gasteiger charge is 2.50. The molecule has 2 bridgehead atoms. The zero-order chi connectivity index (χ0) is 37.7. The molecule has 0 radical (unpaired) electrons. The maximum absolute atomic E-state index is 17.9. The van der Waals surface area contributed by atoms with E-state index in [2.05, 4.69) is 20.6 Å². The third kappa shape index (κ3) is 5.39. The Kier molecular flexibility index (Phi) is 8.21. The summed E-state index contributed by atoms with van der Waals surface area (Å²) >= 11 is 0. The average Bonchev–Trinajstić information content (AvgIpc) is 3.88. The summed E-state index contributed by atoms with van der Waals surface area (Å²) in [5.74, 6) is 2.08. The number of terminal acetylenes is 1. The van der Waals surface area contributed by atoms with Gasteiger partial charge >= 0.3 is 6.01 Å². The molecular weight excluding hydrogens is 708 g/mol. The fourth-order valence-electron chi connectivity index (χ4n) is 10.8. The van der Waals surface area contributed by atoms with Crippen molar-refractivity contribution in [2.45, 2.75) is 74.8 Å². The first-order valence-corrected chi connectivity index (χ1v) is 19.5. The summed E-state index contributed by atoms with van der Waals surface area (Å²) in [7, 11) is 3.53. The van der Waals surface area contributed by atoms with Crippen molar-refractivity contribution in [1.29, 1.82) is 0 Å². The van der Waals surface area contributed by atoms with Gasteiger partial charge in [-0.25, -0.2) is 13.2 Å². The highest BCUT2D eigenvalue weighted by molar-refractivity contribution is 6.18. The maximum atomic E-state index is 17.9. The number of anilines is 1. The number of hydrogen-bond donors (Lipinski definition) is 1. The molecule has 4 unspecified atom stereocenters. The summed E-state index contributed by atoms with van der Waals surface area (Å²) in [4.78, 5) is 17.1. The molecular formula is C42H44F3N7O3. The summed E-state index contributed by atoms with van der Waals surface area (Å²) in [5.41, 5.74) is 0.0848. The van der Waals surface area contributed by atoms with Gasteiger partial charge in [-0.1, -0.05) is 12.0 Å². The van der Waals surface area contributed by atoms with Crippen molar-refractivity contribution in [1.82, 2.24) is 29.5 Å². The standard InChI is InChI=1S/C42H44F3N7O3/c1-4-29-32(44)10-6-23-14-28(53)15-30(34(23)29)35-37(45)39-36(31-20-49(2)48-38(31)35)40(47-41(46-39)55-22-42-12-5-13-51(42)17-25(43)16-42)52-26-8-9-27(52)19-50(18-26)33-11-7-24(33)21-54-3/h1,6,10,14-15,20,24-27,33,53H,5,7-9,11-13,16-19,21-22H2,2-3H3/t24?,25-,26?,27?,33?,42+/m1/s1. The molecule has 3 aromatic carbocycles. The molecule has 1 saturated carbocycles. The van der Waals surface area contributed by atoms with E-state index in [1.165, 1.54) is 24.3 Å². The van der Waals surface area contributed by atoms with Crippen LogP contribution in [0.1, 0.15) is 50.5 Å². The van der Waals surface area contributed by atoms with Crippen molar-refractivity contribution in [3.05, 3.63) is 47.7 Å². The molecule has 5 aliphatic rings. The average molecular weight is 752 g/mol. The molecule has 1 N–H and O–H groups in total. The Balaban J connectivity index is 1.17. The van der Waals surface area contributed by atoms with Gasteiger partial charge in [-0.2, -0.15) is 15.1 Å². The lowest BCUT2D eigenvalue weighted by Crippen LogP contribution is -2.60. The van der Waals surface area contributed by atoms with Gasteiger partial charge in [-0.05, 0) is 80.1 Å². The fourth-order valence-corrected chi connectivity index (χ4v) is 10.8. The largest absolute Gasteiger partial charge is 0.508 e. The van der Waals surface area contributed by atoms with E-state index in [1.54, 1.807) is 18.8 Å². The van der Waals surface area contributed by atoms with E-state index in [4.69, 9.17) is 31.0 Å². The smallest absolute Gasteiger partial charge is 0.319 e. The number of ether oxygens (including phenoxy) is 2. The summed E-state index contributed by atoms with van der Waals surface area (Å²) in [6, 6.07) is 6.40. The quantitative estimate of drug-likeness (QED) is 0.183. The second-order valence-electron chi connectivity index (χ2n) is 16.4. The predicted octanol–water partition coefficient (Wildman–Crippen LogP) is 6.34. The second-order valence-corrected chi connectivity index (χ2v) is 16.4. The van der Waals surface area contributed by atoms with Gasteiger partial charge in [-0.3, -0.25) is 14.5 Å². The summed E-state index contributed by atoms with van der Waals surface area (Å²) in [5, 5.41) is 17.6. The molecule has 5 aromatic rings. The van der Waals surface area contributed by atoms with Gasteiger partial charge in [0, 0.05) is 80.9 Å². The van der Waals surface area contributed by atoms with Gasteiger partial charge in [0.1, 0.15) is 41.2 Å². The van der Waals surface area contributed by atoms with Crippen molar-refractivity contribution in [3.63, 3.8) is 0 Å². The number of benzene rings is 3. The lowest BCUT2D eigenvalue weighted by atomic mass is 9.78. The summed E-state index contributed by atoms with van der Waals surface area (Å²) in [6.45, 7) is 3.83. The van der Waals surface area contributed by atoms with Crippen LogP contribution in [0.5, 0.6) is 11.8 Å². The lowest BCUT2D eigenvalue weighted by Gasteiger charge is -2.50. The van der Waals surface area contributed by atoms with E-state index in [0.717, 1.165) is 64.8 Å². The normalized spacial score (nSPS) is 28.0. The van der Waals surface area contributed by atoms with Crippen LogP contribution in [0.15, 0.2) is 30.5 Å². The molecule has 13 heteroatoms. The van der Waals surface area contributed by atoms with Gasteiger partial charge in [0.25, 0.3) is 0 Å². The van der Waals surface area contributed by atoms with Crippen molar-refractivity contribution in [2.75, 3.05) is 51.4 Å². The highest BCUT2D eigenvalue weighted by Crippen LogP contribution is 2.48. The molecule has 6 heterocycles. The number of piperazine rings is 1. The van der Waals surface area contributed by atoms with Crippen LogP contribution in [0.3, 0.4) is 0 Å². The summed E-state index contributed by atoms with van der Waals surface area (Å²) < 4.78 is 61.5. The first-order valence-electron chi connectivity index (χ1n) is 19.5. The number of fused-ring (bicyclic) bond motifs is 7. The van der Waals surface area contributed by atoms with Gasteiger partial charge in [0.05, 0.1) is 23.1 Å². The monoisotopic (exact) mass is 751 g/mol. The van der Waals surface area contributed by atoms with Gasteiger partial charge < -0.3 is 19.5 Å². The minimum atomic E-state index is -0.934. The number of phenolic OH excluding ortho intramolecular Hbond substituents is 1. The molecule has 0 amide bonds. The van der Waals surface area contributed by atoms with E-state index in [9.17, 15) is 9.50 Å². The van der Waals surface area contributed by atoms with Crippen LogP contribution in [0.4, 0.5) is 19.0 Å². The highest BCUT2D eigenvalue weighted by atomic mass is 19.1. The predicted molar refractivity (Wildman–Crippen MR) is 204 cm³/mol. The Hall–Kier alpha value is -4.64. The van der Waals surface area contributed by atoms with Gasteiger partial charge in [0.2, 0.25) is 0 Å². The van der Waals surface area contributed by atoms with Gasteiger partial charge in [-0.15, -0.1) is 6.42 Å². The number of rotatable bonds is 8. The molecule has 10 rings (SSSR count). The minimum Gasteiger partial charge on any atom is -0.508 e. The molecule has 5 fully saturated rings. The molecule has 4 aliphatic heterocycles. The fraction of sp³-hybridized carbons (Fsp3) is 0.500. The number of phenols is 1. The maximum Gasteiger partial charge on any atom is 0.319 e.